The van der Waals surface area contributed by atoms with E-state index in [2.05, 4.69) is 13.0 Å². The summed E-state index contributed by atoms with van der Waals surface area (Å²) in [4.78, 5) is 0. The van der Waals surface area contributed by atoms with Crippen molar-refractivity contribution < 1.29 is 9.47 Å². The molecule has 0 aromatic heterocycles. The Hall–Kier alpha value is -0.870. The molecule has 0 aliphatic rings. The summed E-state index contributed by atoms with van der Waals surface area (Å²) in [5, 5.41) is 0. The summed E-state index contributed by atoms with van der Waals surface area (Å²) in [6, 6.07) is 6.27. The van der Waals surface area contributed by atoms with Crippen molar-refractivity contribution >= 4 is 11.8 Å². The number of hydrogen-bond donors (Lipinski definition) is 1. The number of hydrogen-bond acceptors (Lipinski definition) is 4. The predicted molar refractivity (Wildman–Crippen MR) is 88.1 cm³/mol. The molecule has 0 heterocycles. The summed E-state index contributed by atoms with van der Waals surface area (Å²) >= 11 is 1.94. The van der Waals surface area contributed by atoms with Crippen molar-refractivity contribution in [1.82, 2.24) is 0 Å². The van der Waals surface area contributed by atoms with Crippen LogP contribution in [0.1, 0.15) is 32.8 Å². The van der Waals surface area contributed by atoms with Gasteiger partial charge in [0.2, 0.25) is 0 Å². The second-order valence-electron chi connectivity index (χ2n) is 4.79. The fraction of sp³-hybridized carbons (Fsp3) is 0.625. The van der Waals surface area contributed by atoms with Gasteiger partial charge < -0.3 is 15.2 Å². The zero-order chi connectivity index (χ0) is 14.8. The van der Waals surface area contributed by atoms with Crippen molar-refractivity contribution in [3.63, 3.8) is 0 Å². The number of rotatable bonds is 10. The highest BCUT2D eigenvalue weighted by atomic mass is 32.2. The molecule has 114 valence electrons. The van der Waals surface area contributed by atoms with Crippen LogP contribution in [-0.4, -0.2) is 30.8 Å². The van der Waals surface area contributed by atoms with Gasteiger partial charge in [0.25, 0.3) is 0 Å². The third kappa shape index (κ3) is 6.53. The molecule has 20 heavy (non-hydrogen) atoms. The van der Waals surface area contributed by atoms with E-state index in [1.54, 1.807) is 0 Å². The summed E-state index contributed by atoms with van der Waals surface area (Å²) in [6.45, 7) is 7.55. The highest BCUT2D eigenvalue weighted by molar-refractivity contribution is 7.99. The van der Waals surface area contributed by atoms with Gasteiger partial charge in [-0.25, -0.2) is 0 Å². The van der Waals surface area contributed by atoms with Crippen LogP contribution in [0.25, 0.3) is 0 Å². The van der Waals surface area contributed by atoms with Gasteiger partial charge in [-0.05, 0) is 55.9 Å². The maximum absolute atomic E-state index is 5.84. The molecule has 0 spiro atoms. The molecular formula is C16H27NO2S. The summed E-state index contributed by atoms with van der Waals surface area (Å²) in [6.07, 6.45) is 1.92. The zero-order valence-electron chi connectivity index (χ0n) is 12.9. The van der Waals surface area contributed by atoms with Crippen molar-refractivity contribution in [1.29, 1.82) is 0 Å². The Bertz CT molecular complexity index is 383. The first-order chi connectivity index (χ1) is 9.67. The molecule has 1 aromatic carbocycles. The van der Waals surface area contributed by atoms with Gasteiger partial charge in [-0.2, -0.15) is 11.8 Å². The molecule has 3 nitrogen and oxygen atoms in total. The fourth-order valence-corrected chi connectivity index (χ4v) is 2.54. The minimum absolute atomic E-state index is 0.155. The minimum Gasteiger partial charge on any atom is -0.490 e. The Morgan fingerprint density at radius 2 is 2.00 bits per heavy atom. The smallest absolute Gasteiger partial charge is 0.161 e. The molecule has 1 rings (SSSR count). The molecule has 1 atom stereocenters. The number of benzene rings is 1. The Kier molecular flexibility index (Phi) is 8.54. The van der Waals surface area contributed by atoms with Crippen LogP contribution in [0.4, 0.5) is 0 Å². The van der Waals surface area contributed by atoms with E-state index in [4.69, 9.17) is 15.2 Å². The van der Waals surface area contributed by atoms with Gasteiger partial charge in [-0.15, -0.1) is 0 Å². The van der Waals surface area contributed by atoms with E-state index in [-0.39, 0.29) is 6.04 Å². The quantitative estimate of drug-likeness (QED) is 0.671. The maximum atomic E-state index is 5.84. The molecule has 0 amide bonds. The minimum atomic E-state index is 0.155. The van der Waals surface area contributed by atoms with Crippen molar-refractivity contribution in [2.75, 3.05) is 24.7 Å². The average molecular weight is 297 g/mol. The average Bonchev–Trinajstić information content (AvgIpc) is 2.40. The van der Waals surface area contributed by atoms with Gasteiger partial charge in [-0.1, -0.05) is 13.0 Å². The van der Waals surface area contributed by atoms with Crippen LogP contribution in [0.3, 0.4) is 0 Å². The molecule has 0 radical (unpaired) electrons. The molecule has 0 bridgehead atoms. The van der Waals surface area contributed by atoms with Gasteiger partial charge in [-0.3, -0.25) is 0 Å². The molecule has 0 aliphatic heterocycles. The number of thioether (sulfide) groups is 1. The second kappa shape index (κ2) is 9.94. The molecule has 0 aliphatic carbocycles. The van der Waals surface area contributed by atoms with E-state index >= 15 is 0 Å². The third-order valence-electron chi connectivity index (χ3n) is 2.76. The zero-order valence-corrected chi connectivity index (χ0v) is 13.7. The van der Waals surface area contributed by atoms with Crippen LogP contribution < -0.4 is 15.2 Å². The highest BCUT2D eigenvalue weighted by Crippen LogP contribution is 2.29. The standard InChI is InChI=1S/C16H27NO2S/c1-4-18-16-12-14(11-13(3)17)7-8-15(16)19-9-6-10-20-5-2/h7-8,12-13H,4-6,9-11,17H2,1-3H3. The van der Waals surface area contributed by atoms with Crippen LogP contribution >= 0.6 is 11.8 Å². The monoisotopic (exact) mass is 297 g/mol. The summed E-state index contributed by atoms with van der Waals surface area (Å²) in [5.41, 5.74) is 7.03. The van der Waals surface area contributed by atoms with E-state index < -0.39 is 0 Å². The highest BCUT2D eigenvalue weighted by Gasteiger charge is 2.07. The van der Waals surface area contributed by atoms with Gasteiger partial charge >= 0.3 is 0 Å². The molecule has 1 unspecified atom stereocenters. The summed E-state index contributed by atoms with van der Waals surface area (Å²) in [7, 11) is 0. The summed E-state index contributed by atoms with van der Waals surface area (Å²) < 4.78 is 11.5. The van der Waals surface area contributed by atoms with E-state index in [0.717, 1.165) is 42.5 Å². The molecular weight excluding hydrogens is 270 g/mol. The topological polar surface area (TPSA) is 44.5 Å². The normalized spacial score (nSPS) is 12.2. The van der Waals surface area contributed by atoms with Crippen molar-refractivity contribution in [2.24, 2.45) is 5.73 Å². The van der Waals surface area contributed by atoms with Crippen LogP contribution in [-0.2, 0) is 6.42 Å². The fourth-order valence-electron chi connectivity index (χ4n) is 1.93. The number of ether oxygens (including phenoxy) is 2. The van der Waals surface area contributed by atoms with Crippen molar-refractivity contribution in [3.8, 4) is 11.5 Å². The Labute approximate surface area is 127 Å². The summed E-state index contributed by atoms with van der Waals surface area (Å²) in [5.74, 6) is 3.97. The van der Waals surface area contributed by atoms with Gasteiger partial charge in [0.15, 0.2) is 11.5 Å². The van der Waals surface area contributed by atoms with Crippen LogP contribution in [0.5, 0.6) is 11.5 Å². The van der Waals surface area contributed by atoms with Gasteiger partial charge in [0.05, 0.1) is 13.2 Å². The molecule has 4 heteroatoms. The number of nitrogens with two attached hydrogens (primary N) is 1. The predicted octanol–water partition coefficient (Wildman–Crippen LogP) is 3.50. The lowest BCUT2D eigenvalue weighted by Crippen LogP contribution is -2.17. The largest absolute Gasteiger partial charge is 0.490 e. The van der Waals surface area contributed by atoms with E-state index in [0.29, 0.717) is 6.61 Å². The van der Waals surface area contributed by atoms with E-state index in [1.807, 2.05) is 37.7 Å². The van der Waals surface area contributed by atoms with Crippen molar-refractivity contribution in [3.05, 3.63) is 23.8 Å². The second-order valence-corrected chi connectivity index (χ2v) is 6.19. The van der Waals surface area contributed by atoms with Gasteiger partial charge in [0.1, 0.15) is 0 Å². The van der Waals surface area contributed by atoms with Crippen LogP contribution in [0.15, 0.2) is 18.2 Å². The van der Waals surface area contributed by atoms with Crippen LogP contribution in [0.2, 0.25) is 0 Å². The molecule has 2 N–H and O–H groups in total. The van der Waals surface area contributed by atoms with Gasteiger partial charge in [0, 0.05) is 6.04 Å². The third-order valence-corrected chi connectivity index (χ3v) is 3.75. The first-order valence-electron chi connectivity index (χ1n) is 7.39. The lowest BCUT2D eigenvalue weighted by atomic mass is 10.1. The maximum Gasteiger partial charge on any atom is 0.161 e. The molecule has 1 aromatic rings. The van der Waals surface area contributed by atoms with Crippen LogP contribution in [0, 0.1) is 0 Å². The lowest BCUT2D eigenvalue weighted by Gasteiger charge is -2.14. The molecule has 0 saturated carbocycles. The Morgan fingerprint density at radius 1 is 1.20 bits per heavy atom. The SMILES string of the molecule is CCOc1cc(CC(C)N)ccc1OCCCSCC. The molecule has 0 fully saturated rings. The lowest BCUT2D eigenvalue weighted by molar-refractivity contribution is 0.277. The Morgan fingerprint density at radius 3 is 2.65 bits per heavy atom. The first-order valence-corrected chi connectivity index (χ1v) is 8.54. The van der Waals surface area contributed by atoms with E-state index in [1.165, 1.54) is 5.56 Å². The molecule has 0 saturated heterocycles. The Balaban J connectivity index is 2.59. The van der Waals surface area contributed by atoms with Crippen molar-refractivity contribution in [2.45, 2.75) is 39.7 Å². The van der Waals surface area contributed by atoms with E-state index in [9.17, 15) is 0 Å². The first kappa shape index (κ1) is 17.2.